The summed E-state index contributed by atoms with van der Waals surface area (Å²) in [5.74, 6) is 0.967. The lowest BCUT2D eigenvalue weighted by molar-refractivity contribution is 0.0640. The van der Waals surface area contributed by atoms with Gasteiger partial charge in [0.05, 0.1) is 10.5 Å². The second kappa shape index (κ2) is 5.23. The first-order valence-corrected chi connectivity index (χ1v) is 7.72. The molecule has 0 saturated carbocycles. The average Bonchev–Trinajstić information content (AvgIpc) is 2.36. The fraction of sp³-hybridized carbons (Fsp3) is 0.538. The van der Waals surface area contributed by atoms with Crippen LogP contribution in [0.15, 0.2) is 23.1 Å². The Hall–Kier alpha value is -1.31. The molecule has 1 aromatic rings. The van der Waals surface area contributed by atoms with Crippen LogP contribution in [0.2, 0.25) is 0 Å². The van der Waals surface area contributed by atoms with Crippen LogP contribution in [0.5, 0.6) is 11.5 Å². The number of nitrogens with zero attached hydrogens (tertiary/aromatic N) is 1. The first kappa shape index (κ1) is 15.1. The Morgan fingerprint density at radius 1 is 1.25 bits per heavy atom. The molecule has 1 aliphatic rings. The van der Waals surface area contributed by atoms with Crippen LogP contribution in [0.25, 0.3) is 0 Å². The summed E-state index contributed by atoms with van der Waals surface area (Å²) in [6, 6.07) is 4.51. The van der Waals surface area contributed by atoms with Crippen LogP contribution in [0, 0.1) is 0 Å². The molecule has 1 aromatic carbocycles. The summed E-state index contributed by atoms with van der Waals surface area (Å²) in [5.41, 5.74) is -1.10. The Balaban J connectivity index is 2.30. The summed E-state index contributed by atoms with van der Waals surface area (Å²) in [6.45, 7) is 3.98. The van der Waals surface area contributed by atoms with Gasteiger partial charge in [0, 0.05) is 19.7 Å². The zero-order chi connectivity index (χ0) is 15.0. The molecule has 1 N–H and O–H groups in total. The van der Waals surface area contributed by atoms with Gasteiger partial charge in [-0.1, -0.05) is 0 Å². The predicted octanol–water partition coefficient (Wildman–Crippen LogP) is 0.849. The first-order chi connectivity index (χ1) is 9.20. The highest BCUT2D eigenvalue weighted by Crippen LogP contribution is 2.33. The van der Waals surface area contributed by atoms with Gasteiger partial charge in [-0.15, -0.1) is 0 Å². The smallest absolute Gasteiger partial charge is 0.243 e. The molecule has 0 spiro atoms. The lowest BCUT2D eigenvalue weighted by Crippen LogP contribution is -2.39. The Morgan fingerprint density at radius 2 is 1.85 bits per heavy atom. The van der Waals surface area contributed by atoms with Gasteiger partial charge >= 0.3 is 0 Å². The Kier molecular flexibility index (Phi) is 3.95. The third-order valence-electron chi connectivity index (χ3n) is 2.83. The predicted molar refractivity (Wildman–Crippen MR) is 73.5 cm³/mol. The number of hydrogen-bond donors (Lipinski definition) is 1. The van der Waals surface area contributed by atoms with E-state index in [1.807, 2.05) is 0 Å². The SMILES string of the molecule is CN(CC(C)(C)O)S(=O)(=O)c1ccc2c(c1)OCCO2. The maximum absolute atomic E-state index is 12.4. The van der Waals surface area contributed by atoms with E-state index in [9.17, 15) is 13.5 Å². The third kappa shape index (κ3) is 3.23. The van der Waals surface area contributed by atoms with Crippen molar-refractivity contribution in [3.05, 3.63) is 18.2 Å². The summed E-state index contributed by atoms with van der Waals surface area (Å²) >= 11 is 0. The van der Waals surface area contributed by atoms with Crippen LogP contribution in [-0.2, 0) is 10.0 Å². The fourth-order valence-electron chi connectivity index (χ4n) is 1.99. The van der Waals surface area contributed by atoms with Gasteiger partial charge in [0.2, 0.25) is 10.0 Å². The van der Waals surface area contributed by atoms with Crippen molar-refractivity contribution in [2.45, 2.75) is 24.3 Å². The monoisotopic (exact) mass is 301 g/mol. The molecule has 6 nitrogen and oxygen atoms in total. The zero-order valence-electron chi connectivity index (χ0n) is 11.8. The van der Waals surface area contributed by atoms with Crippen LogP contribution < -0.4 is 9.47 Å². The van der Waals surface area contributed by atoms with E-state index >= 15 is 0 Å². The minimum atomic E-state index is -3.67. The van der Waals surface area contributed by atoms with Crippen molar-refractivity contribution >= 4 is 10.0 Å². The highest BCUT2D eigenvalue weighted by atomic mass is 32.2. The van der Waals surface area contributed by atoms with Crippen LogP contribution >= 0.6 is 0 Å². The van der Waals surface area contributed by atoms with Crippen LogP contribution in [-0.4, -0.2) is 50.2 Å². The van der Waals surface area contributed by atoms with Crippen molar-refractivity contribution in [2.75, 3.05) is 26.8 Å². The molecule has 0 atom stereocenters. The van der Waals surface area contributed by atoms with Gasteiger partial charge < -0.3 is 14.6 Å². The van der Waals surface area contributed by atoms with Crippen molar-refractivity contribution in [2.24, 2.45) is 0 Å². The molecule has 2 rings (SSSR count). The molecular formula is C13H19NO5S. The molecule has 112 valence electrons. The quantitative estimate of drug-likeness (QED) is 0.892. The largest absolute Gasteiger partial charge is 0.486 e. The van der Waals surface area contributed by atoms with Crippen molar-refractivity contribution in [3.8, 4) is 11.5 Å². The second-order valence-electron chi connectivity index (χ2n) is 5.38. The summed E-state index contributed by atoms with van der Waals surface area (Å²) < 4.78 is 36.7. The molecule has 0 amide bonds. The minimum Gasteiger partial charge on any atom is -0.486 e. The maximum atomic E-state index is 12.4. The van der Waals surface area contributed by atoms with Gasteiger partial charge in [-0.3, -0.25) is 0 Å². The summed E-state index contributed by atoms with van der Waals surface area (Å²) in [5, 5.41) is 9.74. The van der Waals surface area contributed by atoms with Crippen molar-refractivity contribution in [1.82, 2.24) is 4.31 Å². The number of fused-ring (bicyclic) bond motifs is 1. The lowest BCUT2D eigenvalue weighted by Gasteiger charge is -2.25. The van der Waals surface area contributed by atoms with Gasteiger partial charge in [0.25, 0.3) is 0 Å². The fourth-order valence-corrected chi connectivity index (χ4v) is 3.34. The number of aliphatic hydroxyl groups is 1. The van der Waals surface area contributed by atoms with Crippen molar-refractivity contribution < 1.29 is 23.0 Å². The molecule has 7 heteroatoms. The third-order valence-corrected chi connectivity index (χ3v) is 4.63. The van der Waals surface area contributed by atoms with Crippen molar-refractivity contribution in [1.29, 1.82) is 0 Å². The molecule has 0 fully saturated rings. The lowest BCUT2D eigenvalue weighted by atomic mass is 10.1. The highest BCUT2D eigenvalue weighted by molar-refractivity contribution is 7.89. The van der Waals surface area contributed by atoms with Gasteiger partial charge in [0.1, 0.15) is 13.2 Å². The summed E-state index contributed by atoms with van der Waals surface area (Å²) in [6.07, 6.45) is 0. The van der Waals surface area contributed by atoms with E-state index in [0.717, 1.165) is 4.31 Å². The molecular weight excluding hydrogens is 282 g/mol. The minimum absolute atomic E-state index is 0.00375. The molecule has 20 heavy (non-hydrogen) atoms. The molecule has 0 saturated heterocycles. The Labute approximate surface area is 119 Å². The Morgan fingerprint density at radius 3 is 2.45 bits per heavy atom. The normalized spacial score (nSPS) is 15.4. The van der Waals surface area contributed by atoms with E-state index in [-0.39, 0.29) is 11.4 Å². The maximum Gasteiger partial charge on any atom is 0.243 e. The molecule has 0 bridgehead atoms. The number of ether oxygens (including phenoxy) is 2. The van der Waals surface area contributed by atoms with E-state index in [2.05, 4.69) is 0 Å². The Bertz CT molecular complexity index is 591. The van der Waals surface area contributed by atoms with Crippen LogP contribution in [0.3, 0.4) is 0 Å². The number of hydrogen-bond acceptors (Lipinski definition) is 5. The highest BCUT2D eigenvalue weighted by Gasteiger charge is 2.27. The topological polar surface area (TPSA) is 76.1 Å². The molecule has 1 heterocycles. The molecule has 0 aliphatic carbocycles. The molecule has 0 unspecified atom stereocenters. The van der Waals surface area contributed by atoms with Gasteiger partial charge in [-0.2, -0.15) is 4.31 Å². The van der Waals surface area contributed by atoms with Crippen LogP contribution in [0.1, 0.15) is 13.8 Å². The number of sulfonamides is 1. The van der Waals surface area contributed by atoms with E-state index in [4.69, 9.17) is 9.47 Å². The van der Waals surface area contributed by atoms with E-state index in [1.165, 1.54) is 19.2 Å². The van der Waals surface area contributed by atoms with E-state index < -0.39 is 15.6 Å². The van der Waals surface area contributed by atoms with E-state index in [1.54, 1.807) is 19.9 Å². The molecule has 0 radical (unpaired) electrons. The van der Waals surface area contributed by atoms with Gasteiger partial charge in [-0.05, 0) is 26.0 Å². The standard InChI is InChI=1S/C13H19NO5S/c1-13(2,15)9-14(3)20(16,17)10-4-5-11-12(8-10)19-7-6-18-11/h4-5,8,15H,6-7,9H2,1-3H3. The average molecular weight is 301 g/mol. The first-order valence-electron chi connectivity index (χ1n) is 6.28. The summed E-state index contributed by atoms with van der Waals surface area (Å²) in [4.78, 5) is 0.119. The zero-order valence-corrected chi connectivity index (χ0v) is 12.6. The van der Waals surface area contributed by atoms with Gasteiger partial charge in [0.15, 0.2) is 11.5 Å². The van der Waals surface area contributed by atoms with E-state index in [0.29, 0.717) is 24.7 Å². The number of benzene rings is 1. The molecule has 0 aromatic heterocycles. The number of likely N-dealkylation sites (N-methyl/N-ethyl adjacent to an activating group) is 1. The number of rotatable bonds is 4. The van der Waals surface area contributed by atoms with Crippen LogP contribution in [0.4, 0.5) is 0 Å². The summed E-state index contributed by atoms with van der Waals surface area (Å²) in [7, 11) is -2.23. The van der Waals surface area contributed by atoms with Gasteiger partial charge in [-0.25, -0.2) is 8.42 Å². The second-order valence-corrected chi connectivity index (χ2v) is 7.42. The molecule has 1 aliphatic heterocycles. The van der Waals surface area contributed by atoms with Crippen molar-refractivity contribution in [3.63, 3.8) is 0 Å².